The lowest BCUT2D eigenvalue weighted by Gasteiger charge is -2.29. The number of carbonyl (C=O) groups excluding carboxylic acids is 2. The van der Waals surface area contributed by atoms with Gasteiger partial charge in [0.05, 0.1) is 0 Å². The number of nitrogens with zero attached hydrogens (tertiary/aromatic N) is 1. The number of hydrogen-bond acceptors (Lipinski definition) is 4. The molecule has 0 bridgehead atoms. The number of ether oxygens (including phenoxy) is 1. The van der Waals surface area contributed by atoms with Crippen molar-refractivity contribution in [1.82, 2.24) is 10.4 Å². The summed E-state index contributed by atoms with van der Waals surface area (Å²) in [5.41, 5.74) is 6.64. The van der Waals surface area contributed by atoms with Gasteiger partial charge in [-0.05, 0) is 82.3 Å². The van der Waals surface area contributed by atoms with Crippen LogP contribution in [0.2, 0.25) is 0 Å². The standard InChI is InChI=1S/C39H35BrN2O5/c1-39(2,3)31-20-16-29(17-21-31)36(43)41-42(37(44)30-8-7-9-32(40)25-30)35(38(45)46)24-26-12-14-27(15-13-26)28-18-22-34(23-19-28)47-33-10-5-4-6-11-33/h4-23,25,35H,24H2,1-3H3,(H,41,43)(H,45,46). The molecule has 1 atom stereocenters. The van der Waals surface area contributed by atoms with Crippen molar-refractivity contribution in [3.05, 3.63) is 154 Å². The zero-order chi connectivity index (χ0) is 33.6. The molecule has 0 spiro atoms. The van der Waals surface area contributed by atoms with Crippen LogP contribution in [-0.2, 0) is 16.6 Å². The van der Waals surface area contributed by atoms with Gasteiger partial charge in [0, 0.05) is 22.0 Å². The van der Waals surface area contributed by atoms with Gasteiger partial charge in [-0.2, -0.15) is 0 Å². The first-order chi connectivity index (χ1) is 22.5. The van der Waals surface area contributed by atoms with E-state index in [1.165, 1.54) is 0 Å². The highest BCUT2D eigenvalue weighted by Gasteiger charge is 2.33. The van der Waals surface area contributed by atoms with Gasteiger partial charge in [-0.15, -0.1) is 0 Å². The Balaban J connectivity index is 1.37. The molecular formula is C39H35BrN2O5. The average Bonchev–Trinajstić information content (AvgIpc) is 3.06. The van der Waals surface area contributed by atoms with E-state index in [0.29, 0.717) is 21.3 Å². The van der Waals surface area contributed by atoms with Gasteiger partial charge >= 0.3 is 5.97 Å². The second-order valence-corrected chi connectivity index (χ2v) is 13.1. The molecule has 0 fully saturated rings. The van der Waals surface area contributed by atoms with Crippen LogP contribution in [0, 0.1) is 0 Å². The summed E-state index contributed by atoms with van der Waals surface area (Å²) in [4.78, 5) is 39.9. The summed E-state index contributed by atoms with van der Waals surface area (Å²) in [6.45, 7) is 6.21. The van der Waals surface area contributed by atoms with Crippen molar-refractivity contribution in [1.29, 1.82) is 0 Å². The monoisotopic (exact) mass is 690 g/mol. The molecule has 0 aliphatic heterocycles. The fraction of sp³-hybridized carbons (Fsp3) is 0.154. The highest BCUT2D eigenvalue weighted by molar-refractivity contribution is 9.10. The summed E-state index contributed by atoms with van der Waals surface area (Å²) in [7, 11) is 0. The first-order valence-electron chi connectivity index (χ1n) is 15.1. The molecule has 0 aliphatic carbocycles. The molecule has 2 amide bonds. The molecule has 1 unspecified atom stereocenters. The number of para-hydroxylation sites is 1. The number of hydrazine groups is 1. The quantitative estimate of drug-likeness (QED) is 0.151. The zero-order valence-electron chi connectivity index (χ0n) is 26.3. The van der Waals surface area contributed by atoms with E-state index in [0.717, 1.165) is 27.4 Å². The Hall–Kier alpha value is -5.21. The molecule has 0 radical (unpaired) electrons. The third-order valence-electron chi connectivity index (χ3n) is 7.67. The summed E-state index contributed by atoms with van der Waals surface area (Å²) < 4.78 is 6.54. The van der Waals surface area contributed by atoms with E-state index in [-0.39, 0.29) is 17.4 Å². The van der Waals surface area contributed by atoms with Crippen molar-refractivity contribution in [2.45, 2.75) is 38.6 Å². The Kier molecular flexibility index (Phi) is 10.2. The Morgan fingerprint density at radius 2 is 1.34 bits per heavy atom. The van der Waals surface area contributed by atoms with Gasteiger partial charge in [0.2, 0.25) is 0 Å². The minimum absolute atomic E-state index is 0.0392. The minimum Gasteiger partial charge on any atom is -0.480 e. The van der Waals surface area contributed by atoms with Gasteiger partial charge in [0.25, 0.3) is 11.8 Å². The Morgan fingerprint density at radius 3 is 1.91 bits per heavy atom. The van der Waals surface area contributed by atoms with E-state index in [4.69, 9.17) is 4.74 Å². The molecule has 47 heavy (non-hydrogen) atoms. The van der Waals surface area contributed by atoms with Gasteiger partial charge in [-0.1, -0.05) is 109 Å². The number of carbonyl (C=O) groups is 3. The van der Waals surface area contributed by atoms with E-state index in [1.54, 1.807) is 36.4 Å². The summed E-state index contributed by atoms with van der Waals surface area (Å²) in [6, 6.07) is 36.9. The van der Waals surface area contributed by atoms with Crippen molar-refractivity contribution in [2.24, 2.45) is 0 Å². The average molecular weight is 692 g/mol. The first kappa shape index (κ1) is 33.2. The van der Waals surface area contributed by atoms with Gasteiger partial charge in [-0.3, -0.25) is 15.0 Å². The predicted octanol–water partition coefficient (Wildman–Crippen LogP) is 8.69. The van der Waals surface area contributed by atoms with Gasteiger partial charge in [0.1, 0.15) is 11.5 Å². The molecule has 7 nitrogen and oxygen atoms in total. The number of hydrogen-bond donors (Lipinski definition) is 2. The van der Waals surface area contributed by atoms with Crippen molar-refractivity contribution < 1.29 is 24.2 Å². The van der Waals surface area contributed by atoms with Crippen LogP contribution >= 0.6 is 15.9 Å². The molecule has 0 aliphatic rings. The maximum Gasteiger partial charge on any atom is 0.328 e. The Labute approximate surface area is 282 Å². The lowest BCUT2D eigenvalue weighted by molar-refractivity contribution is -0.143. The fourth-order valence-electron chi connectivity index (χ4n) is 5.01. The molecule has 5 rings (SSSR count). The van der Waals surface area contributed by atoms with Crippen molar-refractivity contribution in [3.8, 4) is 22.6 Å². The van der Waals surface area contributed by atoms with E-state index < -0.39 is 23.8 Å². The first-order valence-corrected chi connectivity index (χ1v) is 15.9. The Bertz CT molecular complexity index is 1850. The molecule has 0 aromatic heterocycles. The smallest absolute Gasteiger partial charge is 0.328 e. The van der Waals surface area contributed by atoms with Crippen LogP contribution in [0.4, 0.5) is 0 Å². The minimum atomic E-state index is -1.39. The van der Waals surface area contributed by atoms with Crippen LogP contribution in [0.1, 0.15) is 52.6 Å². The number of carboxylic acids is 1. The maximum atomic E-state index is 13.8. The van der Waals surface area contributed by atoms with Crippen LogP contribution in [-0.4, -0.2) is 33.9 Å². The third kappa shape index (κ3) is 8.54. The summed E-state index contributed by atoms with van der Waals surface area (Å²) in [5.74, 6) is -1.03. The molecular weight excluding hydrogens is 656 g/mol. The molecule has 0 saturated heterocycles. The number of carboxylic acid groups (broad SMARTS) is 1. The van der Waals surface area contributed by atoms with Gasteiger partial charge in [-0.25, -0.2) is 9.80 Å². The van der Waals surface area contributed by atoms with Crippen LogP contribution in [0.5, 0.6) is 11.5 Å². The van der Waals surface area contributed by atoms with Crippen molar-refractivity contribution in [3.63, 3.8) is 0 Å². The van der Waals surface area contributed by atoms with Crippen LogP contribution in [0.25, 0.3) is 11.1 Å². The van der Waals surface area contributed by atoms with Crippen molar-refractivity contribution >= 4 is 33.7 Å². The summed E-state index contributed by atoms with van der Waals surface area (Å²) in [5, 5.41) is 11.3. The number of nitrogens with one attached hydrogen (secondary N) is 1. The van der Waals surface area contributed by atoms with E-state index in [2.05, 4.69) is 42.1 Å². The number of amides is 2. The maximum absolute atomic E-state index is 13.8. The second-order valence-electron chi connectivity index (χ2n) is 12.1. The molecule has 2 N–H and O–H groups in total. The lowest BCUT2D eigenvalue weighted by Crippen LogP contribution is -2.55. The van der Waals surface area contributed by atoms with Crippen LogP contribution in [0.15, 0.2) is 132 Å². The largest absolute Gasteiger partial charge is 0.480 e. The van der Waals surface area contributed by atoms with Crippen molar-refractivity contribution in [2.75, 3.05) is 0 Å². The zero-order valence-corrected chi connectivity index (χ0v) is 27.9. The highest BCUT2D eigenvalue weighted by atomic mass is 79.9. The third-order valence-corrected chi connectivity index (χ3v) is 8.17. The molecule has 8 heteroatoms. The van der Waals surface area contributed by atoms with Crippen LogP contribution in [0.3, 0.4) is 0 Å². The summed E-state index contributed by atoms with van der Waals surface area (Å²) in [6.07, 6.45) is -0.0392. The van der Waals surface area contributed by atoms with Crippen LogP contribution < -0.4 is 10.2 Å². The predicted molar refractivity (Wildman–Crippen MR) is 186 cm³/mol. The molecule has 0 heterocycles. The lowest BCUT2D eigenvalue weighted by atomic mass is 9.87. The number of benzene rings is 5. The number of halogens is 1. The fourth-order valence-corrected chi connectivity index (χ4v) is 5.41. The Morgan fingerprint density at radius 1 is 0.745 bits per heavy atom. The van der Waals surface area contributed by atoms with Gasteiger partial charge < -0.3 is 9.84 Å². The molecule has 5 aromatic rings. The summed E-state index contributed by atoms with van der Waals surface area (Å²) >= 11 is 3.37. The highest BCUT2D eigenvalue weighted by Crippen LogP contribution is 2.27. The van der Waals surface area contributed by atoms with Gasteiger partial charge in [0.15, 0.2) is 6.04 Å². The number of aliphatic carboxylic acids is 1. The van der Waals surface area contributed by atoms with E-state index in [9.17, 15) is 19.5 Å². The topological polar surface area (TPSA) is 95.9 Å². The van der Waals surface area contributed by atoms with E-state index >= 15 is 0 Å². The van der Waals surface area contributed by atoms with E-state index in [1.807, 2.05) is 91.0 Å². The molecule has 238 valence electrons. The molecule has 0 saturated carbocycles. The SMILES string of the molecule is CC(C)(C)c1ccc(C(=O)NN(C(=O)c2cccc(Br)c2)C(Cc2ccc(-c3ccc(Oc4ccccc4)cc3)cc2)C(=O)O)cc1. The second kappa shape index (κ2) is 14.5. The molecule has 5 aromatic carbocycles. The normalized spacial score (nSPS) is 11.7. The number of rotatable bonds is 9.